The summed E-state index contributed by atoms with van der Waals surface area (Å²) in [6.45, 7) is 0.529. The van der Waals surface area contributed by atoms with Gasteiger partial charge in [-0.25, -0.2) is 4.79 Å². The Hall–Kier alpha value is -1.97. The van der Waals surface area contributed by atoms with E-state index in [1.165, 1.54) is 25.5 Å². The van der Waals surface area contributed by atoms with E-state index in [1.54, 1.807) is 0 Å². The SMILES string of the molecule is COC(=O)[C@H]1NC(OCc2ccccc2)=C2CC2C1C1CC1. The van der Waals surface area contributed by atoms with E-state index in [1.807, 2.05) is 30.3 Å². The second kappa shape index (κ2) is 5.34. The molecule has 2 fully saturated rings. The van der Waals surface area contributed by atoms with Crippen molar-refractivity contribution in [2.24, 2.45) is 17.8 Å². The number of carbonyl (C=O) groups is 1. The summed E-state index contributed by atoms with van der Waals surface area (Å²) >= 11 is 0. The van der Waals surface area contributed by atoms with Crippen molar-refractivity contribution >= 4 is 5.97 Å². The van der Waals surface area contributed by atoms with Crippen molar-refractivity contribution in [2.75, 3.05) is 7.11 Å². The number of benzene rings is 1. The van der Waals surface area contributed by atoms with E-state index in [-0.39, 0.29) is 12.0 Å². The molecule has 0 saturated heterocycles. The van der Waals surface area contributed by atoms with E-state index < -0.39 is 0 Å². The molecule has 116 valence electrons. The smallest absolute Gasteiger partial charge is 0.328 e. The van der Waals surface area contributed by atoms with E-state index in [9.17, 15) is 4.79 Å². The second-order valence-corrected chi connectivity index (χ2v) is 6.50. The first kappa shape index (κ1) is 13.7. The summed E-state index contributed by atoms with van der Waals surface area (Å²) in [5.41, 5.74) is 2.49. The van der Waals surface area contributed by atoms with Crippen LogP contribution in [0.3, 0.4) is 0 Å². The van der Waals surface area contributed by atoms with Gasteiger partial charge in [0.25, 0.3) is 0 Å². The van der Waals surface area contributed by atoms with Gasteiger partial charge < -0.3 is 14.8 Å². The van der Waals surface area contributed by atoms with Crippen LogP contribution in [0.25, 0.3) is 0 Å². The molecule has 1 heterocycles. The highest BCUT2D eigenvalue weighted by molar-refractivity contribution is 5.77. The summed E-state index contributed by atoms with van der Waals surface area (Å²) in [4.78, 5) is 12.1. The second-order valence-electron chi connectivity index (χ2n) is 6.50. The number of allylic oxidation sites excluding steroid dienone is 1. The Kier molecular flexibility index (Phi) is 3.32. The minimum atomic E-state index is -0.250. The quantitative estimate of drug-likeness (QED) is 0.849. The number of carbonyl (C=O) groups excluding carboxylic acids is 1. The Morgan fingerprint density at radius 3 is 2.73 bits per heavy atom. The molecule has 4 heteroatoms. The molecule has 4 rings (SSSR count). The van der Waals surface area contributed by atoms with Crippen molar-refractivity contribution in [3.8, 4) is 0 Å². The van der Waals surface area contributed by atoms with Gasteiger partial charge in [-0.1, -0.05) is 30.3 Å². The number of hydrogen-bond donors (Lipinski definition) is 1. The van der Waals surface area contributed by atoms with Crippen molar-refractivity contribution in [3.05, 3.63) is 47.4 Å². The number of fused-ring (bicyclic) bond motifs is 1. The van der Waals surface area contributed by atoms with Gasteiger partial charge in [0.15, 0.2) is 5.88 Å². The zero-order valence-electron chi connectivity index (χ0n) is 12.7. The van der Waals surface area contributed by atoms with Crippen LogP contribution in [-0.4, -0.2) is 19.1 Å². The summed E-state index contributed by atoms with van der Waals surface area (Å²) in [6, 6.07) is 9.84. The van der Waals surface area contributed by atoms with E-state index in [4.69, 9.17) is 9.47 Å². The minimum absolute atomic E-state index is 0.163. The topological polar surface area (TPSA) is 47.6 Å². The molecule has 1 aliphatic heterocycles. The first-order valence-corrected chi connectivity index (χ1v) is 8.02. The molecule has 4 nitrogen and oxygen atoms in total. The number of nitrogens with one attached hydrogen (secondary N) is 1. The predicted molar refractivity (Wildman–Crippen MR) is 81.5 cm³/mol. The van der Waals surface area contributed by atoms with Crippen molar-refractivity contribution in [2.45, 2.75) is 31.9 Å². The maximum atomic E-state index is 12.1. The third-order valence-corrected chi connectivity index (χ3v) is 5.00. The molecule has 0 spiro atoms. The Labute approximate surface area is 130 Å². The maximum absolute atomic E-state index is 12.1. The average molecular weight is 299 g/mol. The molecule has 1 aromatic carbocycles. The van der Waals surface area contributed by atoms with Gasteiger partial charge in [-0.2, -0.15) is 0 Å². The van der Waals surface area contributed by atoms with Gasteiger partial charge in [0.05, 0.1) is 7.11 Å². The number of hydrogen-bond acceptors (Lipinski definition) is 4. The van der Waals surface area contributed by atoms with Crippen LogP contribution < -0.4 is 5.32 Å². The molecule has 0 bridgehead atoms. The van der Waals surface area contributed by atoms with E-state index >= 15 is 0 Å². The van der Waals surface area contributed by atoms with Crippen LogP contribution in [0, 0.1) is 17.8 Å². The standard InChI is InChI=1S/C18H21NO3/c1-21-18(20)16-15(12-7-8-12)13-9-14(13)17(19-16)22-10-11-5-3-2-4-6-11/h2-6,12-13,15-16,19H,7-10H2,1H3/t13?,15?,16-/m0/s1. The lowest BCUT2D eigenvalue weighted by Crippen LogP contribution is -2.47. The Morgan fingerprint density at radius 2 is 2.05 bits per heavy atom. The normalized spacial score (nSPS) is 29.4. The van der Waals surface area contributed by atoms with Gasteiger partial charge in [-0.3, -0.25) is 0 Å². The molecular weight excluding hydrogens is 278 g/mol. The van der Waals surface area contributed by atoms with E-state index in [2.05, 4.69) is 5.32 Å². The van der Waals surface area contributed by atoms with Crippen molar-refractivity contribution in [1.29, 1.82) is 0 Å². The summed E-state index contributed by atoms with van der Waals surface area (Å²) in [5, 5.41) is 3.32. The lowest BCUT2D eigenvalue weighted by molar-refractivity contribution is -0.145. The van der Waals surface area contributed by atoms with E-state index in [0.717, 1.165) is 17.9 Å². The Morgan fingerprint density at radius 1 is 1.27 bits per heavy atom. The van der Waals surface area contributed by atoms with Crippen LogP contribution >= 0.6 is 0 Å². The molecule has 1 N–H and O–H groups in total. The average Bonchev–Trinajstić information content (AvgIpc) is 3.45. The van der Waals surface area contributed by atoms with Crippen molar-refractivity contribution < 1.29 is 14.3 Å². The van der Waals surface area contributed by atoms with Crippen LogP contribution in [0.4, 0.5) is 0 Å². The molecule has 3 aliphatic rings. The fourth-order valence-electron chi connectivity index (χ4n) is 3.66. The van der Waals surface area contributed by atoms with Gasteiger partial charge in [0.1, 0.15) is 12.6 Å². The molecule has 0 radical (unpaired) electrons. The number of methoxy groups -OCH3 is 1. The van der Waals surface area contributed by atoms with Crippen LogP contribution in [0.2, 0.25) is 0 Å². The lowest BCUT2D eigenvalue weighted by atomic mass is 9.87. The molecular formula is C18H21NO3. The van der Waals surface area contributed by atoms with Gasteiger partial charge in [0.2, 0.25) is 0 Å². The molecule has 3 atom stereocenters. The number of ether oxygens (including phenoxy) is 2. The Balaban J connectivity index is 1.49. The van der Waals surface area contributed by atoms with Crippen LogP contribution in [0.5, 0.6) is 0 Å². The number of esters is 1. The third kappa shape index (κ3) is 2.47. The lowest BCUT2D eigenvalue weighted by Gasteiger charge is -2.31. The largest absolute Gasteiger partial charge is 0.474 e. The summed E-state index contributed by atoms with van der Waals surface area (Å²) in [6.07, 6.45) is 3.54. The molecule has 2 aliphatic carbocycles. The zero-order valence-corrected chi connectivity index (χ0v) is 12.7. The highest BCUT2D eigenvalue weighted by atomic mass is 16.5. The molecule has 2 saturated carbocycles. The molecule has 1 aromatic rings. The highest BCUT2D eigenvalue weighted by Gasteiger charge is 2.55. The summed E-state index contributed by atoms with van der Waals surface area (Å²) < 4.78 is 11.0. The first-order valence-electron chi connectivity index (χ1n) is 8.02. The maximum Gasteiger partial charge on any atom is 0.328 e. The van der Waals surface area contributed by atoms with Crippen LogP contribution in [0.15, 0.2) is 41.8 Å². The molecule has 0 aromatic heterocycles. The first-order chi connectivity index (χ1) is 10.8. The van der Waals surface area contributed by atoms with Gasteiger partial charge in [-0.05, 0) is 48.2 Å². The number of rotatable bonds is 5. The van der Waals surface area contributed by atoms with Crippen LogP contribution in [-0.2, 0) is 20.9 Å². The molecule has 2 unspecified atom stereocenters. The van der Waals surface area contributed by atoms with Gasteiger partial charge in [0, 0.05) is 0 Å². The van der Waals surface area contributed by atoms with Crippen molar-refractivity contribution in [1.82, 2.24) is 5.32 Å². The third-order valence-electron chi connectivity index (χ3n) is 5.00. The fraction of sp³-hybridized carbons (Fsp3) is 0.500. The molecule has 22 heavy (non-hydrogen) atoms. The minimum Gasteiger partial charge on any atom is -0.474 e. The summed E-state index contributed by atoms with van der Waals surface area (Å²) in [5.74, 6) is 2.23. The van der Waals surface area contributed by atoms with Crippen LogP contribution in [0.1, 0.15) is 24.8 Å². The summed E-state index contributed by atoms with van der Waals surface area (Å²) in [7, 11) is 1.46. The van der Waals surface area contributed by atoms with Gasteiger partial charge >= 0.3 is 5.97 Å². The van der Waals surface area contributed by atoms with E-state index in [0.29, 0.717) is 24.4 Å². The van der Waals surface area contributed by atoms with Crippen molar-refractivity contribution in [3.63, 3.8) is 0 Å². The molecule has 0 amide bonds. The predicted octanol–water partition coefficient (Wildman–Crippen LogP) is 2.61. The fourth-order valence-corrected chi connectivity index (χ4v) is 3.66. The monoisotopic (exact) mass is 299 g/mol. The Bertz CT molecular complexity index is 606. The highest BCUT2D eigenvalue weighted by Crippen LogP contribution is 2.57. The zero-order chi connectivity index (χ0) is 15.1. The van der Waals surface area contributed by atoms with Gasteiger partial charge in [-0.15, -0.1) is 0 Å².